The van der Waals surface area contributed by atoms with E-state index in [1.807, 2.05) is 0 Å². The Bertz CT molecular complexity index is 464. The van der Waals surface area contributed by atoms with E-state index in [-0.39, 0.29) is 0 Å². The monoisotopic (exact) mass is 256 g/mol. The zero-order valence-electron chi connectivity index (χ0n) is 8.27. The van der Waals surface area contributed by atoms with E-state index >= 15 is 0 Å². The largest absolute Gasteiger partial charge is 0.384 e. The third kappa shape index (κ3) is 1.89. The normalized spacial score (nSPS) is 29.0. The van der Waals surface area contributed by atoms with Crippen LogP contribution >= 0.6 is 23.2 Å². The Morgan fingerprint density at radius 2 is 1.94 bits per heavy atom. The van der Waals surface area contributed by atoms with Crippen LogP contribution in [0.1, 0.15) is 5.56 Å². The van der Waals surface area contributed by atoms with E-state index < -0.39 is 11.2 Å². The number of hydrogen-bond acceptors (Lipinski definition) is 2. The molecule has 0 saturated heterocycles. The molecule has 1 aromatic rings. The fourth-order valence-electron chi connectivity index (χ4n) is 1.62. The third-order valence-corrected chi connectivity index (χ3v) is 3.25. The Balaban J connectivity index is 2.53. The summed E-state index contributed by atoms with van der Waals surface area (Å²) in [5, 5.41) is 18.3. The van der Waals surface area contributed by atoms with Crippen molar-refractivity contribution >= 4 is 28.8 Å². The first-order valence-electron chi connectivity index (χ1n) is 4.76. The van der Waals surface area contributed by atoms with Crippen LogP contribution in [0.15, 0.2) is 42.5 Å². The summed E-state index contributed by atoms with van der Waals surface area (Å²) in [6.45, 7) is 0. The molecule has 0 amide bonds. The molecular formula is C12H10Cl2O2. The summed E-state index contributed by atoms with van der Waals surface area (Å²) >= 11 is 11.9. The van der Waals surface area contributed by atoms with Gasteiger partial charge in [0.15, 0.2) is 5.06 Å². The zero-order valence-corrected chi connectivity index (χ0v) is 9.78. The zero-order chi connectivity index (χ0) is 11.8. The predicted molar refractivity (Wildman–Crippen MR) is 65.4 cm³/mol. The number of hydrogen-bond donors (Lipinski definition) is 2. The van der Waals surface area contributed by atoms with Gasteiger partial charge in [0, 0.05) is 16.2 Å². The van der Waals surface area contributed by atoms with Crippen molar-refractivity contribution in [1.82, 2.24) is 0 Å². The van der Waals surface area contributed by atoms with Gasteiger partial charge >= 0.3 is 0 Å². The fourth-order valence-corrected chi connectivity index (χ4v) is 2.09. The van der Waals surface area contributed by atoms with Crippen LogP contribution in [0.4, 0.5) is 0 Å². The van der Waals surface area contributed by atoms with Crippen LogP contribution in [-0.2, 0) is 0 Å². The summed E-state index contributed by atoms with van der Waals surface area (Å²) in [6, 6.07) is 7.03. The second-order valence-electron chi connectivity index (χ2n) is 3.56. The van der Waals surface area contributed by atoms with Crippen molar-refractivity contribution in [2.45, 2.75) is 11.2 Å². The molecule has 1 aliphatic rings. The van der Waals surface area contributed by atoms with Gasteiger partial charge in [-0.05, 0) is 6.07 Å². The minimum absolute atomic E-state index is 0.398. The molecule has 2 N–H and O–H groups in total. The molecular weight excluding hydrogens is 247 g/mol. The Morgan fingerprint density at radius 1 is 1.25 bits per heavy atom. The van der Waals surface area contributed by atoms with Crippen LogP contribution < -0.4 is 0 Å². The smallest absolute Gasteiger partial charge is 0.194 e. The number of benzene rings is 1. The molecule has 2 nitrogen and oxygen atoms in total. The number of halogens is 2. The van der Waals surface area contributed by atoms with Crippen LogP contribution in [0, 0.1) is 0 Å². The maximum atomic E-state index is 10.0. The van der Waals surface area contributed by atoms with Gasteiger partial charge < -0.3 is 10.2 Å². The molecule has 2 unspecified atom stereocenters. The van der Waals surface area contributed by atoms with E-state index in [0.29, 0.717) is 16.2 Å². The molecule has 0 fully saturated rings. The highest BCUT2D eigenvalue weighted by Crippen LogP contribution is 2.39. The van der Waals surface area contributed by atoms with Gasteiger partial charge in [0.2, 0.25) is 0 Å². The van der Waals surface area contributed by atoms with E-state index in [4.69, 9.17) is 23.2 Å². The van der Waals surface area contributed by atoms with Crippen LogP contribution in [0.2, 0.25) is 5.02 Å². The van der Waals surface area contributed by atoms with Crippen LogP contribution in [0.3, 0.4) is 0 Å². The summed E-state index contributed by atoms with van der Waals surface area (Å²) in [7, 11) is 0. The maximum absolute atomic E-state index is 10.0. The molecule has 2 rings (SSSR count). The van der Waals surface area contributed by atoms with Crippen molar-refractivity contribution in [3.63, 3.8) is 0 Å². The standard InChI is InChI=1S/C12H10Cl2O2/c13-10-6-2-1-4-8(10)9-5-3-7-11(15)12(9,14)16/h1-7,11,15-16H. The van der Waals surface area contributed by atoms with Gasteiger partial charge in [-0.25, -0.2) is 0 Å². The molecule has 2 atom stereocenters. The molecule has 16 heavy (non-hydrogen) atoms. The topological polar surface area (TPSA) is 40.5 Å². The van der Waals surface area contributed by atoms with Crippen LogP contribution in [0.25, 0.3) is 5.57 Å². The molecule has 0 heterocycles. The summed E-state index contributed by atoms with van der Waals surface area (Å²) in [4.78, 5) is 0. The first kappa shape index (κ1) is 11.7. The van der Waals surface area contributed by atoms with Crippen molar-refractivity contribution in [3.05, 3.63) is 53.1 Å². The lowest BCUT2D eigenvalue weighted by Gasteiger charge is -2.30. The van der Waals surface area contributed by atoms with Gasteiger partial charge in [-0.2, -0.15) is 0 Å². The van der Waals surface area contributed by atoms with Crippen molar-refractivity contribution < 1.29 is 10.2 Å². The molecule has 0 bridgehead atoms. The minimum Gasteiger partial charge on any atom is -0.384 e. The van der Waals surface area contributed by atoms with E-state index in [1.54, 1.807) is 36.4 Å². The quantitative estimate of drug-likeness (QED) is 0.759. The Kier molecular flexibility index (Phi) is 3.08. The molecule has 0 saturated carbocycles. The molecule has 0 spiro atoms. The lowest BCUT2D eigenvalue weighted by Crippen LogP contribution is -2.38. The Morgan fingerprint density at radius 3 is 2.62 bits per heavy atom. The first-order chi connectivity index (χ1) is 7.53. The molecule has 84 valence electrons. The molecule has 1 aliphatic carbocycles. The maximum Gasteiger partial charge on any atom is 0.194 e. The summed E-state index contributed by atoms with van der Waals surface area (Å²) in [5.41, 5.74) is 1.01. The van der Waals surface area contributed by atoms with Gasteiger partial charge in [0.05, 0.1) is 0 Å². The summed E-state index contributed by atoms with van der Waals surface area (Å²) < 4.78 is 0. The van der Waals surface area contributed by atoms with Crippen molar-refractivity contribution in [2.24, 2.45) is 0 Å². The molecule has 1 aromatic carbocycles. The first-order valence-corrected chi connectivity index (χ1v) is 5.52. The summed E-state index contributed by atoms with van der Waals surface area (Å²) in [6.07, 6.45) is 3.56. The second kappa shape index (κ2) is 4.22. The molecule has 4 heteroatoms. The highest BCUT2D eigenvalue weighted by Gasteiger charge is 2.38. The highest BCUT2D eigenvalue weighted by molar-refractivity contribution is 6.34. The average Bonchev–Trinajstić information content (AvgIpc) is 2.24. The average molecular weight is 257 g/mol. The van der Waals surface area contributed by atoms with Gasteiger partial charge in [-0.3, -0.25) is 0 Å². The fraction of sp³-hybridized carbons (Fsp3) is 0.167. The van der Waals surface area contributed by atoms with E-state index in [2.05, 4.69) is 0 Å². The number of aliphatic hydroxyl groups excluding tert-OH is 1. The van der Waals surface area contributed by atoms with Crippen molar-refractivity contribution in [3.8, 4) is 0 Å². The highest BCUT2D eigenvalue weighted by atomic mass is 35.5. The van der Waals surface area contributed by atoms with Crippen molar-refractivity contribution in [1.29, 1.82) is 0 Å². The van der Waals surface area contributed by atoms with E-state index in [9.17, 15) is 10.2 Å². The third-order valence-electron chi connectivity index (χ3n) is 2.49. The summed E-state index contributed by atoms with van der Waals surface area (Å²) in [5.74, 6) is 0. The van der Waals surface area contributed by atoms with E-state index in [1.165, 1.54) is 6.08 Å². The lowest BCUT2D eigenvalue weighted by molar-refractivity contribution is 0.0551. The predicted octanol–water partition coefficient (Wildman–Crippen LogP) is 2.58. The van der Waals surface area contributed by atoms with Gasteiger partial charge in [-0.1, -0.05) is 59.6 Å². The Labute approximate surface area is 103 Å². The molecule has 0 radical (unpaired) electrons. The van der Waals surface area contributed by atoms with Gasteiger partial charge in [0.25, 0.3) is 0 Å². The van der Waals surface area contributed by atoms with Gasteiger partial charge in [0.1, 0.15) is 6.10 Å². The molecule has 0 aliphatic heterocycles. The van der Waals surface area contributed by atoms with Crippen molar-refractivity contribution in [2.75, 3.05) is 0 Å². The van der Waals surface area contributed by atoms with Gasteiger partial charge in [-0.15, -0.1) is 0 Å². The number of allylic oxidation sites excluding steroid dienone is 2. The lowest BCUT2D eigenvalue weighted by atomic mass is 9.92. The minimum atomic E-state index is -1.83. The number of rotatable bonds is 1. The SMILES string of the molecule is OC1C=CC=C(c2ccccc2Cl)C1(O)Cl. The number of alkyl halides is 1. The van der Waals surface area contributed by atoms with Crippen LogP contribution in [0.5, 0.6) is 0 Å². The second-order valence-corrected chi connectivity index (χ2v) is 4.55. The van der Waals surface area contributed by atoms with E-state index in [0.717, 1.165) is 0 Å². The van der Waals surface area contributed by atoms with Crippen LogP contribution in [-0.4, -0.2) is 21.4 Å². The molecule has 0 aromatic heterocycles. The Hall–Kier alpha value is -0.800. The number of aliphatic hydroxyl groups is 2.